The van der Waals surface area contributed by atoms with Gasteiger partial charge in [0, 0.05) is 45.2 Å². The molecular weight excluding hydrogens is 344 g/mol. The van der Waals surface area contributed by atoms with E-state index in [1.165, 1.54) is 22.4 Å². The zero-order valence-corrected chi connectivity index (χ0v) is 16.8. The Balaban J connectivity index is 1.51. The molecule has 2 heterocycles. The molecule has 0 amide bonds. The average molecular weight is 373 g/mol. The number of anilines is 1. The Morgan fingerprint density at radius 2 is 1.61 bits per heavy atom. The van der Waals surface area contributed by atoms with Crippen LogP contribution in [0.5, 0.6) is 0 Å². The predicted molar refractivity (Wildman–Crippen MR) is 114 cm³/mol. The molecule has 0 aliphatic carbocycles. The van der Waals surface area contributed by atoms with Gasteiger partial charge in [0.05, 0.1) is 5.69 Å². The van der Waals surface area contributed by atoms with Crippen molar-refractivity contribution in [2.45, 2.75) is 32.9 Å². The summed E-state index contributed by atoms with van der Waals surface area (Å²) in [7, 11) is 2.15. The van der Waals surface area contributed by atoms with E-state index in [0.717, 1.165) is 50.7 Å². The van der Waals surface area contributed by atoms with Crippen molar-refractivity contribution in [3.8, 4) is 0 Å². The molecule has 1 aromatic heterocycles. The number of rotatable bonds is 6. The summed E-state index contributed by atoms with van der Waals surface area (Å²) in [4.78, 5) is 14.4. The largest absolute Gasteiger partial charge is 0.359 e. The lowest BCUT2D eigenvalue weighted by molar-refractivity contribution is 0.243. The van der Waals surface area contributed by atoms with Crippen LogP contribution in [-0.2, 0) is 25.9 Å². The number of likely N-dealkylation sites (N-methyl/N-ethyl adjacent to an activating group) is 1. The molecule has 1 aliphatic heterocycles. The van der Waals surface area contributed by atoms with Gasteiger partial charge in [0.1, 0.15) is 11.6 Å². The van der Waals surface area contributed by atoms with Gasteiger partial charge in [-0.1, -0.05) is 60.7 Å². The van der Waals surface area contributed by atoms with Crippen molar-refractivity contribution in [2.24, 2.45) is 0 Å². The van der Waals surface area contributed by atoms with Crippen molar-refractivity contribution in [3.05, 3.63) is 88.9 Å². The molecule has 0 saturated carbocycles. The number of benzene rings is 2. The predicted octanol–water partition coefficient (Wildman–Crippen LogP) is 4.02. The maximum absolute atomic E-state index is 4.83. The maximum atomic E-state index is 4.83. The van der Waals surface area contributed by atoms with E-state index in [1.807, 2.05) is 6.92 Å². The highest BCUT2D eigenvalue weighted by Crippen LogP contribution is 2.27. The smallest absolute Gasteiger partial charge is 0.136 e. The summed E-state index contributed by atoms with van der Waals surface area (Å²) in [5, 5.41) is 0. The Labute approximate surface area is 167 Å². The highest BCUT2D eigenvalue weighted by atomic mass is 15.2. The standard InChI is InChI=1S/C24H28N4/c1-19-25-23-14-16-28(17-21-11-7-4-8-12-21)18-22(23)24(26-19)27(2)15-13-20-9-5-3-6-10-20/h3-12H,13-18H2,1-2H3. The van der Waals surface area contributed by atoms with E-state index < -0.39 is 0 Å². The van der Waals surface area contributed by atoms with Gasteiger partial charge in [0.2, 0.25) is 0 Å². The Bertz CT molecular complexity index is 909. The third-order valence-corrected chi connectivity index (χ3v) is 5.42. The highest BCUT2D eigenvalue weighted by molar-refractivity contribution is 5.50. The minimum atomic E-state index is 0.872. The van der Waals surface area contributed by atoms with E-state index in [0.29, 0.717) is 0 Å². The summed E-state index contributed by atoms with van der Waals surface area (Å²) >= 11 is 0. The lowest BCUT2D eigenvalue weighted by Gasteiger charge is -2.31. The van der Waals surface area contributed by atoms with Crippen LogP contribution in [0.2, 0.25) is 0 Å². The molecule has 1 aliphatic rings. The molecule has 0 unspecified atom stereocenters. The van der Waals surface area contributed by atoms with Gasteiger partial charge in [0.15, 0.2) is 0 Å². The first-order chi connectivity index (χ1) is 13.7. The molecule has 144 valence electrons. The fraction of sp³-hybridized carbons (Fsp3) is 0.333. The monoisotopic (exact) mass is 372 g/mol. The van der Waals surface area contributed by atoms with Crippen LogP contribution in [0.25, 0.3) is 0 Å². The zero-order chi connectivity index (χ0) is 19.3. The normalized spacial score (nSPS) is 13.9. The second-order valence-corrected chi connectivity index (χ2v) is 7.62. The second-order valence-electron chi connectivity index (χ2n) is 7.62. The van der Waals surface area contributed by atoms with Crippen LogP contribution in [-0.4, -0.2) is 35.0 Å². The lowest BCUT2D eigenvalue weighted by Crippen LogP contribution is -2.34. The van der Waals surface area contributed by atoms with Gasteiger partial charge in [-0.15, -0.1) is 0 Å². The minimum Gasteiger partial charge on any atom is -0.359 e. The topological polar surface area (TPSA) is 32.3 Å². The Hall–Kier alpha value is -2.72. The minimum absolute atomic E-state index is 0.872. The maximum Gasteiger partial charge on any atom is 0.136 e. The van der Waals surface area contributed by atoms with Crippen molar-refractivity contribution in [1.82, 2.24) is 14.9 Å². The molecule has 0 N–H and O–H groups in total. The SMILES string of the molecule is Cc1nc2c(c(N(C)CCc3ccccc3)n1)CN(Cc1ccccc1)CC2. The Morgan fingerprint density at radius 1 is 0.929 bits per heavy atom. The van der Waals surface area contributed by atoms with Crippen molar-refractivity contribution in [2.75, 3.05) is 25.0 Å². The number of nitrogens with zero attached hydrogens (tertiary/aromatic N) is 4. The fourth-order valence-electron chi connectivity index (χ4n) is 3.91. The third kappa shape index (κ3) is 4.39. The van der Waals surface area contributed by atoms with Crippen LogP contribution < -0.4 is 4.90 Å². The van der Waals surface area contributed by atoms with Gasteiger partial charge in [-0.25, -0.2) is 9.97 Å². The van der Waals surface area contributed by atoms with E-state index in [9.17, 15) is 0 Å². The number of aryl methyl sites for hydroxylation is 1. The molecule has 0 bridgehead atoms. The van der Waals surface area contributed by atoms with Crippen molar-refractivity contribution in [1.29, 1.82) is 0 Å². The lowest BCUT2D eigenvalue weighted by atomic mass is 10.0. The van der Waals surface area contributed by atoms with Gasteiger partial charge in [0.25, 0.3) is 0 Å². The van der Waals surface area contributed by atoms with E-state index in [1.54, 1.807) is 0 Å². The molecule has 4 heteroatoms. The highest BCUT2D eigenvalue weighted by Gasteiger charge is 2.23. The molecule has 4 rings (SSSR count). The average Bonchev–Trinajstić information content (AvgIpc) is 2.73. The second kappa shape index (κ2) is 8.53. The summed E-state index contributed by atoms with van der Waals surface area (Å²) in [6.45, 7) is 5.89. The number of hydrogen-bond acceptors (Lipinski definition) is 4. The summed E-state index contributed by atoms with van der Waals surface area (Å²) < 4.78 is 0. The first-order valence-electron chi connectivity index (χ1n) is 10.1. The summed E-state index contributed by atoms with van der Waals surface area (Å²) in [6.07, 6.45) is 2.01. The van der Waals surface area contributed by atoms with Gasteiger partial charge >= 0.3 is 0 Å². The van der Waals surface area contributed by atoms with Crippen LogP contribution in [0.15, 0.2) is 60.7 Å². The number of fused-ring (bicyclic) bond motifs is 1. The molecule has 0 spiro atoms. The molecule has 2 aromatic carbocycles. The Morgan fingerprint density at radius 3 is 2.32 bits per heavy atom. The molecule has 4 nitrogen and oxygen atoms in total. The van der Waals surface area contributed by atoms with Gasteiger partial charge in [-0.05, 0) is 24.5 Å². The van der Waals surface area contributed by atoms with Crippen molar-refractivity contribution in [3.63, 3.8) is 0 Å². The van der Waals surface area contributed by atoms with E-state index in [-0.39, 0.29) is 0 Å². The molecule has 0 fully saturated rings. The van der Waals surface area contributed by atoms with Gasteiger partial charge in [-0.3, -0.25) is 4.90 Å². The molecule has 3 aromatic rings. The van der Waals surface area contributed by atoms with E-state index in [4.69, 9.17) is 9.97 Å². The third-order valence-electron chi connectivity index (χ3n) is 5.42. The zero-order valence-electron chi connectivity index (χ0n) is 16.8. The quantitative estimate of drug-likeness (QED) is 0.654. The number of hydrogen-bond donors (Lipinski definition) is 0. The van der Waals surface area contributed by atoms with Crippen molar-refractivity contribution < 1.29 is 0 Å². The van der Waals surface area contributed by atoms with Crippen LogP contribution in [0.3, 0.4) is 0 Å². The van der Waals surface area contributed by atoms with Crippen LogP contribution in [0.4, 0.5) is 5.82 Å². The van der Waals surface area contributed by atoms with E-state index >= 15 is 0 Å². The molecular formula is C24H28N4. The van der Waals surface area contributed by atoms with Gasteiger partial charge < -0.3 is 4.90 Å². The van der Waals surface area contributed by atoms with Crippen LogP contribution in [0.1, 0.15) is 28.2 Å². The number of aromatic nitrogens is 2. The molecule has 0 atom stereocenters. The summed E-state index contributed by atoms with van der Waals surface area (Å²) in [5.74, 6) is 1.97. The van der Waals surface area contributed by atoms with E-state index in [2.05, 4.69) is 77.5 Å². The first-order valence-corrected chi connectivity index (χ1v) is 10.1. The summed E-state index contributed by atoms with van der Waals surface area (Å²) in [5.41, 5.74) is 5.24. The van der Waals surface area contributed by atoms with Gasteiger partial charge in [-0.2, -0.15) is 0 Å². The molecule has 28 heavy (non-hydrogen) atoms. The van der Waals surface area contributed by atoms with Crippen LogP contribution >= 0.6 is 0 Å². The fourth-order valence-corrected chi connectivity index (χ4v) is 3.91. The molecule has 0 saturated heterocycles. The van der Waals surface area contributed by atoms with Crippen molar-refractivity contribution >= 4 is 5.82 Å². The Kier molecular flexibility index (Phi) is 5.68. The summed E-state index contributed by atoms with van der Waals surface area (Å²) in [6, 6.07) is 21.4. The molecule has 0 radical (unpaired) electrons. The first kappa shape index (κ1) is 18.6. The van der Waals surface area contributed by atoms with Crippen LogP contribution in [0, 0.1) is 6.92 Å².